The van der Waals surface area contributed by atoms with Crippen LogP contribution in [0.4, 0.5) is 16.6 Å². The molecule has 4 aromatic rings. The van der Waals surface area contributed by atoms with Gasteiger partial charge in [0.05, 0.1) is 25.5 Å². The van der Waals surface area contributed by atoms with Gasteiger partial charge in [-0.3, -0.25) is 4.79 Å². The van der Waals surface area contributed by atoms with Crippen LogP contribution in [-0.4, -0.2) is 28.0 Å². The number of ether oxygens (including phenoxy) is 1. The van der Waals surface area contributed by atoms with Crippen LogP contribution in [0.1, 0.15) is 77.4 Å². The first-order valence-electron chi connectivity index (χ1n) is 12.8. The molecule has 0 unspecified atom stereocenters. The molecule has 198 valence electrons. The number of methoxy groups -OCH3 is 1. The lowest BCUT2D eigenvalue weighted by atomic mass is 9.91. The summed E-state index contributed by atoms with van der Waals surface area (Å²) in [4.78, 5) is 29.9. The Labute approximate surface area is 229 Å². The lowest BCUT2D eigenvalue weighted by Gasteiger charge is -2.30. The maximum atomic E-state index is 14.2. The van der Waals surface area contributed by atoms with Crippen LogP contribution >= 0.6 is 11.3 Å². The molecule has 7 nitrogen and oxygen atoms in total. The van der Waals surface area contributed by atoms with Crippen molar-refractivity contribution in [1.29, 1.82) is 0 Å². The molecule has 8 heteroatoms. The lowest BCUT2D eigenvalue weighted by molar-refractivity contribution is 0.0988. The van der Waals surface area contributed by atoms with Crippen LogP contribution in [0.2, 0.25) is 0 Å². The van der Waals surface area contributed by atoms with Crippen LogP contribution in [0.5, 0.6) is 5.75 Å². The minimum Gasteiger partial charge on any atom is -0.497 e. The fourth-order valence-corrected chi connectivity index (χ4v) is 5.22. The molecule has 0 saturated carbocycles. The summed E-state index contributed by atoms with van der Waals surface area (Å²) in [5.41, 5.74) is 5.15. The largest absolute Gasteiger partial charge is 0.497 e. The van der Waals surface area contributed by atoms with Gasteiger partial charge in [-0.05, 0) is 54.5 Å². The summed E-state index contributed by atoms with van der Waals surface area (Å²) < 4.78 is 5.34. The fourth-order valence-electron chi connectivity index (χ4n) is 4.44. The number of anilines is 3. The number of aryl methyl sites for hydroxylation is 2. The second-order valence-corrected chi connectivity index (χ2v) is 11.0. The first-order chi connectivity index (χ1) is 18.2. The Morgan fingerprint density at radius 2 is 1.66 bits per heavy atom. The highest BCUT2D eigenvalue weighted by atomic mass is 32.1. The molecule has 0 spiro atoms. The van der Waals surface area contributed by atoms with Crippen molar-refractivity contribution in [2.45, 2.75) is 59.9 Å². The highest BCUT2D eigenvalue weighted by molar-refractivity contribution is 7.17. The smallest absolute Gasteiger partial charge is 0.270 e. The van der Waals surface area contributed by atoms with E-state index >= 15 is 0 Å². The Morgan fingerprint density at radius 3 is 2.24 bits per heavy atom. The van der Waals surface area contributed by atoms with E-state index in [0.717, 1.165) is 33.8 Å². The molecule has 2 heterocycles. The van der Waals surface area contributed by atoms with E-state index in [1.54, 1.807) is 13.3 Å². The Morgan fingerprint density at radius 1 is 1.00 bits per heavy atom. The molecule has 0 aliphatic heterocycles. The maximum absolute atomic E-state index is 14.2. The highest BCUT2D eigenvalue weighted by Gasteiger charge is 2.27. The van der Waals surface area contributed by atoms with Crippen molar-refractivity contribution < 1.29 is 9.53 Å². The van der Waals surface area contributed by atoms with E-state index in [4.69, 9.17) is 4.74 Å². The number of hydrogen-bond acceptors (Lipinski definition) is 7. The van der Waals surface area contributed by atoms with Crippen molar-refractivity contribution in [3.63, 3.8) is 0 Å². The van der Waals surface area contributed by atoms with Gasteiger partial charge in [-0.15, -0.1) is 0 Å². The standard InChI is InChI=1S/C30H35N5O2S/c1-18(2)24-9-8-10-25(19(3)4)28(24)35(17-22-11-13-23(37-7)14-12-22)29(36)26-16-31-30(38-26)34-27-15-20(5)32-21(6)33-27/h8-16,18-19H,17H2,1-7H3,(H,31,32,33,34). The predicted molar refractivity (Wildman–Crippen MR) is 155 cm³/mol. The Kier molecular flexibility index (Phi) is 8.42. The number of carbonyl (C=O) groups excluding carboxylic acids is 1. The zero-order valence-electron chi connectivity index (χ0n) is 23.1. The Balaban J connectivity index is 1.75. The lowest BCUT2D eigenvalue weighted by Crippen LogP contribution is -2.32. The van der Waals surface area contributed by atoms with E-state index in [-0.39, 0.29) is 17.7 Å². The number of thiazole rings is 1. The van der Waals surface area contributed by atoms with Gasteiger partial charge in [-0.1, -0.05) is 69.4 Å². The topological polar surface area (TPSA) is 80.2 Å². The molecule has 1 N–H and O–H groups in total. The number of aromatic nitrogens is 3. The average molecular weight is 530 g/mol. The maximum Gasteiger partial charge on any atom is 0.270 e. The fraction of sp³-hybridized carbons (Fsp3) is 0.333. The van der Waals surface area contributed by atoms with Crippen LogP contribution in [0.3, 0.4) is 0 Å². The summed E-state index contributed by atoms with van der Waals surface area (Å²) in [6, 6.07) is 16.1. The second kappa shape index (κ2) is 11.7. The van der Waals surface area contributed by atoms with Gasteiger partial charge in [0.15, 0.2) is 5.13 Å². The minimum atomic E-state index is -0.0867. The molecule has 0 atom stereocenters. The third-order valence-electron chi connectivity index (χ3n) is 6.27. The van der Waals surface area contributed by atoms with Crippen molar-refractivity contribution in [2.24, 2.45) is 0 Å². The number of amides is 1. The van der Waals surface area contributed by atoms with Crippen LogP contribution in [-0.2, 0) is 6.54 Å². The average Bonchev–Trinajstić information content (AvgIpc) is 3.34. The number of carbonyl (C=O) groups is 1. The van der Waals surface area contributed by atoms with E-state index in [9.17, 15) is 4.79 Å². The molecule has 38 heavy (non-hydrogen) atoms. The molecule has 0 bridgehead atoms. The first-order valence-corrected chi connectivity index (χ1v) is 13.6. The van der Waals surface area contributed by atoms with Gasteiger partial charge in [0, 0.05) is 11.8 Å². The molecular formula is C30H35N5O2S. The first kappa shape index (κ1) is 27.3. The van der Waals surface area contributed by atoms with Gasteiger partial charge >= 0.3 is 0 Å². The summed E-state index contributed by atoms with van der Waals surface area (Å²) in [6.45, 7) is 12.9. The van der Waals surface area contributed by atoms with Gasteiger partial charge in [0.2, 0.25) is 0 Å². The molecule has 2 aromatic carbocycles. The number of benzene rings is 2. The zero-order chi connectivity index (χ0) is 27.4. The molecule has 2 aromatic heterocycles. The summed E-state index contributed by atoms with van der Waals surface area (Å²) >= 11 is 1.32. The number of nitrogens with one attached hydrogen (secondary N) is 1. The van der Waals surface area contributed by atoms with Gasteiger partial charge in [0.25, 0.3) is 5.91 Å². The van der Waals surface area contributed by atoms with Gasteiger partial charge in [-0.25, -0.2) is 15.0 Å². The summed E-state index contributed by atoms with van der Waals surface area (Å²) in [6.07, 6.45) is 1.64. The number of para-hydroxylation sites is 1. The van der Waals surface area contributed by atoms with E-state index in [2.05, 4.69) is 66.2 Å². The summed E-state index contributed by atoms with van der Waals surface area (Å²) in [7, 11) is 1.65. The minimum absolute atomic E-state index is 0.0867. The summed E-state index contributed by atoms with van der Waals surface area (Å²) in [5, 5.41) is 3.84. The van der Waals surface area contributed by atoms with Crippen molar-refractivity contribution in [2.75, 3.05) is 17.3 Å². The third kappa shape index (κ3) is 6.19. The number of hydrogen-bond donors (Lipinski definition) is 1. The highest BCUT2D eigenvalue weighted by Crippen LogP contribution is 2.38. The number of rotatable bonds is 9. The van der Waals surface area contributed by atoms with Crippen molar-refractivity contribution >= 4 is 33.9 Å². The van der Waals surface area contributed by atoms with Gasteiger partial charge < -0.3 is 15.0 Å². The van der Waals surface area contributed by atoms with Crippen LogP contribution in [0.25, 0.3) is 0 Å². The molecule has 0 radical (unpaired) electrons. The zero-order valence-corrected chi connectivity index (χ0v) is 23.9. The van der Waals surface area contributed by atoms with Gasteiger partial charge in [-0.2, -0.15) is 0 Å². The second-order valence-electron chi connectivity index (χ2n) is 9.93. The van der Waals surface area contributed by atoms with Crippen LogP contribution < -0.4 is 15.0 Å². The molecule has 0 aliphatic rings. The SMILES string of the molecule is COc1ccc(CN(C(=O)c2cnc(Nc3cc(C)nc(C)n3)s2)c2c(C(C)C)cccc2C(C)C)cc1. The van der Waals surface area contributed by atoms with Crippen molar-refractivity contribution in [1.82, 2.24) is 15.0 Å². The molecule has 4 rings (SSSR count). The van der Waals surface area contributed by atoms with E-state index in [1.807, 2.05) is 49.1 Å². The Bertz CT molecular complexity index is 1370. The van der Waals surface area contributed by atoms with E-state index in [0.29, 0.717) is 28.2 Å². The summed E-state index contributed by atoms with van der Waals surface area (Å²) in [5.74, 6) is 2.53. The van der Waals surface area contributed by atoms with Crippen molar-refractivity contribution in [3.8, 4) is 5.75 Å². The third-order valence-corrected chi connectivity index (χ3v) is 7.18. The van der Waals surface area contributed by atoms with Gasteiger partial charge in [0.1, 0.15) is 22.3 Å². The number of nitrogens with zero attached hydrogens (tertiary/aromatic N) is 4. The Hall–Kier alpha value is -3.78. The molecule has 0 aliphatic carbocycles. The molecular weight excluding hydrogens is 494 g/mol. The predicted octanol–water partition coefficient (Wildman–Crippen LogP) is 7.40. The monoisotopic (exact) mass is 529 g/mol. The van der Waals surface area contributed by atoms with E-state index in [1.165, 1.54) is 11.3 Å². The molecule has 0 fully saturated rings. The van der Waals surface area contributed by atoms with Crippen LogP contribution in [0, 0.1) is 13.8 Å². The molecule has 1 amide bonds. The normalized spacial score (nSPS) is 11.2. The molecule has 0 saturated heterocycles. The van der Waals surface area contributed by atoms with E-state index < -0.39 is 0 Å². The van der Waals surface area contributed by atoms with Crippen molar-refractivity contribution in [3.05, 3.63) is 87.8 Å². The van der Waals surface area contributed by atoms with Crippen LogP contribution in [0.15, 0.2) is 54.7 Å². The quantitative estimate of drug-likeness (QED) is 0.243.